The van der Waals surface area contributed by atoms with Crippen molar-refractivity contribution < 1.29 is 23.7 Å². The lowest BCUT2D eigenvalue weighted by atomic mass is 9.97. The lowest BCUT2D eigenvalue weighted by molar-refractivity contribution is -0.263. The van der Waals surface area contributed by atoms with Crippen LogP contribution < -0.4 is 0 Å². The number of rotatable bonds is 3. The summed E-state index contributed by atoms with van der Waals surface area (Å²) in [4.78, 5) is 5.99. The Balaban J connectivity index is 1.55. The zero-order chi connectivity index (χ0) is 20.7. The number of fused-ring (bicyclic) bond motifs is 3. The molecule has 0 aliphatic carbocycles. The van der Waals surface area contributed by atoms with Gasteiger partial charge in [-0.15, -0.1) is 11.3 Å². The van der Waals surface area contributed by atoms with Crippen molar-refractivity contribution in [3.63, 3.8) is 0 Å². The number of benzene rings is 1. The van der Waals surface area contributed by atoms with E-state index in [1.165, 1.54) is 0 Å². The molecule has 7 heteroatoms. The van der Waals surface area contributed by atoms with Crippen LogP contribution in [0.25, 0.3) is 5.76 Å². The lowest BCUT2D eigenvalue weighted by Crippen LogP contribution is -2.58. The highest BCUT2D eigenvalue weighted by Crippen LogP contribution is 2.41. The van der Waals surface area contributed by atoms with Crippen molar-refractivity contribution >= 4 is 22.8 Å². The number of methoxy groups -OCH3 is 1. The molecule has 0 amide bonds. The molecular formula is C23H25NO5S. The molecule has 158 valence electrons. The fourth-order valence-electron chi connectivity index (χ4n) is 4.17. The molecule has 5 rings (SSSR count). The SMILES string of the molecule is CO[C@H]1O[C@@H]2CN=C(c3cccs3)/C=C(/c3ccccc3)O[C@H]2[C@@H]2OC(C)(C)O[C@H]12. The van der Waals surface area contributed by atoms with Crippen LogP contribution in [0.2, 0.25) is 0 Å². The summed E-state index contributed by atoms with van der Waals surface area (Å²) in [7, 11) is 1.62. The molecule has 0 unspecified atom stereocenters. The Hall–Kier alpha value is -2.03. The molecule has 5 atom stereocenters. The molecule has 0 N–H and O–H groups in total. The first-order valence-corrected chi connectivity index (χ1v) is 11.0. The van der Waals surface area contributed by atoms with Gasteiger partial charge < -0.3 is 23.7 Å². The number of allylic oxidation sites excluding steroid dienone is 1. The van der Waals surface area contributed by atoms with E-state index in [0.717, 1.165) is 21.9 Å². The average molecular weight is 428 g/mol. The van der Waals surface area contributed by atoms with Gasteiger partial charge in [0.25, 0.3) is 0 Å². The molecule has 2 saturated heterocycles. The number of thiophene rings is 1. The Morgan fingerprint density at radius 3 is 2.57 bits per heavy atom. The predicted molar refractivity (Wildman–Crippen MR) is 115 cm³/mol. The molecule has 3 aliphatic heterocycles. The molecular weight excluding hydrogens is 402 g/mol. The van der Waals surface area contributed by atoms with Gasteiger partial charge in [-0.3, -0.25) is 4.99 Å². The Morgan fingerprint density at radius 1 is 1.03 bits per heavy atom. The third kappa shape index (κ3) is 3.72. The van der Waals surface area contributed by atoms with Gasteiger partial charge in [-0.05, 0) is 25.3 Å². The quantitative estimate of drug-likeness (QED) is 0.744. The summed E-state index contributed by atoms with van der Waals surface area (Å²) in [6.45, 7) is 4.25. The summed E-state index contributed by atoms with van der Waals surface area (Å²) in [6.07, 6.45) is 0.0816. The number of nitrogens with zero attached hydrogens (tertiary/aromatic N) is 1. The standard InChI is InChI=1S/C23H25NO5S/c1-23(2)28-20-19-17(27-22(25-3)21(20)29-23)13-24-15(18-10-7-11-30-18)12-16(26-19)14-8-5-4-6-9-14/h4-12,17,19-22H,13H2,1-3H3/b16-12-,24-15?/t17-,19-,20+,21+,22+/m1/s1. The lowest BCUT2D eigenvalue weighted by Gasteiger charge is -2.42. The molecule has 0 radical (unpaired) electrons. The second-order valence-corrected chi connectivity index (χ2v) is 8.95. The van der Waals surface area contributed by atoms with Crippen molar-refractivity contribution in [2.45, 2.75) is 50.3 Å². The van der Waals surface area contributed by atoms with Gasteiger partial charge in [0.05, 0.1) is 17.1 Å². The van der Waals surface area contributed by atoms with Gasteiger partial charge >= 0.3 is 0 Å². The maximum atomic E-state index is 6.61. The normalized spacial score (nSPS) is 34.4. The van der Waals surface area contributed by atoms with E-state index >= 15 is 0 Å². The number of aliphatic imine (C=N–C) groups is 1. The maximum Gasteiger partial charge on any atom is 0.186 e. The van der Waals surface area contributed by atoms with Crippen LogP contribution in [-0.2, 0) is 23.7 Å². The Kier molecular flexibility index (Phi) is 5.24. The molecule has 4 heterocycles. The van der Waals surface area contributed by atoms with Crippen LogP contribution in [0.5, 0.6) is 0 Å². The van der Waals surface area contributed by atoms with Gasteiger partial charge in [-0.1, -0.05) is 36.4 Å². The molecule has 0 saturated carbocycles. The summed E-state index contributed by atoms with van der Waals surface area (Å²) in [6, 6.07) is 14.1. The molecule has 2 aromatic rings. The topological polar surface area (TPSA) is 58.5 Å². The first kappa shape index (κ1) is 19.9. The third-order valence-electron chi connectivity index (χ3n) is 5.47. The number of ether oxygens (including phenoxy) is 5. The summed E-state index contributed by atoms with van der Waals surface area (Å²) in [5.41, 5.74) is 1.86. The first-order chi connectivity index (χ1) is 14.5. The van der Waals surface area contributed by atoms with E-state index in [4.69, 9.17) is 28.7 Å². The van der Waals surface area contributed by atoms with Crippen molar-refractivity contribution in [1.82, 2.24) is 0 Å². The minimum atomic E-state index is -0.738. The van der Waals surface area contributed by atoms with Crippen LogP contribution in [-0.4, -0.2) is 55.9 Å². The molecule has 1 aromatic carbocycles. The summed E-state index contributed by atoms with van der Waals surface area (Å²) in [5.74, 6) is 0.00181. The Labute approximate surface area is 180 Å². The molecule has 2 fully saturated rings. The largest absolute Gasteiger partial charge is 0.484 e. The number of hydrogen-bond donors (Lipinski definition) is 0. The second-order valence-electron chi connectivity index (χ2n) is 8.00. The van der Waals surface area contributed by atoms with Crippen molar-refractivity contribution in [3.8, 4) is 0 Å². The minimum absolute atomic E-state index is 0.323. The van der Waals surface area contributed by atoms with Gasteiger partial charge in [0.15, 0.2) is 18.2 Å². The molecule has 6 nitrogen and oxygen atoms in total. The van der Waals surface area contributed by atoms with Crippen LogP contribution in [0, 0.1) is 0 Å². The zero-order valence-corrected chi connectivity index (χ0v) is 18.0. The Bertz CT molecular complexity index is 940. The molecule has 0 bridgehead atoms. The van der Waals surface area contributed by atoms with E-state index in [9.17, 15) is 0 Å². The van der Waals surface area contributed by atoms with Crippen LogP contribution in [0.15, 0.2) is 58.9 Å². The smallest absolute Gasteiger partial charge is 0.186 e. The van der Waals surface area contributed by atoms with Crippen LogP contribution >= 0.6 is 11.3 Å². The van der Waals surface area contributed by atoms with E-state index in [2.05, 4.69) is 6.07 Å². The average Bonchev–Trinajstić information content (AvgIpc) is 3.36. The van der Waals surface area contributed by atoms with Crippen molar-refractivity contribution in [2.24, 2.45) is 4.99 Å². The predicted octanol–water partition coefficient (Wildman–Crippen LogP) is 3.87. The first-order valence-electron chi connectivity index (χ1n) is 10.1. The van der Waals surface area contributed by atoms with Crippen LogP contribution in [0.4, 0.5) is 0 Å². The highest BCUT2D eigenvalue weighted by molar-refractivity contribution is 7.12. The summed E-state index contributed by atoms with van der Waals surface area (Å²) < 4.78 is 30.8. The molecule has 3 aliphatic rings. The van der Waals surface area contributed by atoms with Gasteiger partial charge in [0.1, 0.15) is 24.1 Å². The summed E-state index contributed by atoms with van der Waals surface area (Å²) in [5, 5.41) is 2.05. The van der Waals surface area contributed by atoms with Gasteiger partial charge in [-0.25, -0.2) is 0 Å². The van der Waals surface area contributed by atoms with Crippen LogP contribution in [0.3, 0.4) is 0 Å². The monoisotopic (exact) mass is 427 g/mol. The van der Waals surface area contributed by atoms with E-state index in [0.29, 0.717) is 6.54 Å². The van der Waals surface area contributed by atoms with E-state index in [1.807, 2.05) is 61.7 Å². The summed E-state index contributed by atoms with van der Waals surface area (Å²) >= 11 is 1.65. The maximum absolute atomic E-state index is 6.61. The molecule has 30 heavy (non-hydrogen) atoms. The highest BCUT2D eigenvalue weighted by Gasteiger charge is 2.57. The van der Waals surface area contributed by atoms with E-state index in [1.54, 1.807) is 18.4 Å². The van der Waals surface area contributed by atoms with Crippen molar-refractivity contribution in [3.05, 3.63) is 64.4 Å². The van der Waals surface area contributed by atoms with Gasteiger partial charge in [-0.2, -0.15) is 0 Å². The second kappa shape index (κ2) is 7.90. The minimum Gasteiger partial charge on any atom is -0.484 e. The van der Waals surface area contributed by atoms with Gasteiger partial charge in [0.2, 0.25) is 0 Å². The Morgan fingerprint density at radius 2 is 1.83 bits per heavy atom. The fraction of sp³-hybridized carbons (Fsp3) is 0.435. The zero-order valence-electron chi connectivity index (χ0n) is 17.2. The fourth-order valence-corrected chi connectivity index (χ4v) is 4.87. The van der Waals surface area contributed by atoms with E-state index in [-0.39, 0.29) is 24.4 Å². The van der Waals surface area contributed by atoms with Crippen LogP contribution in [0.1, 0.15) is 24.3 Å². The van der Waals surface area contributed by atoms with Gasteiger partial charge in [0, 0.05) is 18.7 Å². The number of hydrogen-bond acceptors (Lipinski definition) is 7. The highest BCUT2D eigenvalue weighted by atomic mass is 32.1. The van der Waals surface area contributed by atoms with Crippen molar-refractivity contribution in [2.75, 3.05) is 13.7 Å². The molecule has 1 aromatic heterocycles. The third-order valence-corrected chi connectivity index (χ3v) is 6.36. The van der Waals surface area contributed by atoms with E-state index < -0.39 is 12.1 Å². The molecule has 0 spiro atoms. The van der Waals surface area contributed by atoms with Crippen molar-refractivity contribution in [1.29, 1.82) is 0 Å².